The van der Waals surface area contributed by atoms with Crippen LogP contribution >= 0.6 is 0 Å². The second-order valence-corrected chi connectivity index (χ2v) is 8.23. The van der Waals surface area contributed by atoms with Crippen molar-refractivity contribution < 1.29 is 19.3 Å². The fraction of sp³-hybridized carbons (Fsp3) is 0.429. The van der Waals surface area contributed by atoms with Gasteiger partial charge in [0.1, 0.15) is 17.5 Å². The van der Waals surface area contributed by atoms with Gasteiger partial charge in [0.2, 0.25) is 0 Å². The predicted molar refractivity (Wildman–Crippen MR) is 110 cm³/mol. The largest absolute Gasteiger partial charge is 0.484 e. The number of ether oxygens (including phenoxy) is 1. The fourth-order valence-corrected chi connectivity index (χ4v) is 4.22. The molecule has 2 aliphatic rings. The summed E-state index contributed by atoms with van der Waals surface area (Å²) in [5.41, 5.74) is 2.79. The molecule has 9 heteroatoms. The van der Waals surface area contributed by atoms with Crippen LogP contribution in [-0.4, -0.2) is 56.3 Å². The third kappa shape index (κ3) is 3.23. The van der Waals surface area contributed by atoms with Gasteiger partial charge in [-0.15, -0.1) is 0 Å². The Labute approximate surface area is 172 Å². The zero-order valence-corrected chi connectivity index (χ0v) is 16.6. The molecular formula is C21H24FN5O3. The van der Waals surface area contributed by atoms with Gasteiger partial charge in [-0.05, 0) is 25.5 Å². The highest BCUT2D eigenvalue weighted by Gasteiger charge is 2.36. The van der Waals surface area contributed by atoms with Crippen LogP contribution in [0.5, 0.6) is 5.75 Å². The maximum Gasteiger partial charge on any atom is 0.162 e. The molecule has 3 aromatic rings. The molecule has 1 unspecified atom stereocenters. The highest BCUT2D eigenvalue weighted by Crippen LogP contribution is 2.43. The molecule has 2 aromatic heterocycles. The van der Waals surface area contributed by atoms with Gasteiger partial charge >= 0.3 is 0 Å². The van der Waals surface area contributed by atoms with Gasteiger partial charge in [0, 0.05) is 43.5 Å². The Morgan fingerprint density at radius 1 is 1.43 bits per heavy atom. The van der Waals surface area contributed by atoms with E-state index >= 15 is 0 Å². The lowest BCUT2D eigenvalue weighted by Gasteiger charge is -2.25. The van der Waals surface area contributed by atoms with Gasteiger partial charge in [-0.2, -0.15) is 5.10 Å². The lowest BCUT2D eigenvalue weighted by Crippen LogP contribution is -2.34. The van der Waals surface area contributed by atoms with Crippen molar-refractivity contribution in [3.05, 3.63) is 47.9 Å². The van der Waals surface area contributed by atoms with E-state index in [0.717, 1.165) is 11.3 Å². The first-order valence-corrected chi connectivity index (χ1v) is 10.0. The quantitative estimate of drug-likeness (QED) is 0.551. The fourth-order valence-electron chi connectivity index (χ4n) is 4.22. The Kier molecular flexibility index (Phi) is 4.52. The van der Waals surface area contributed by atoms with Gasteiger partial charge in [-0.1, -0.05) is 0 Å². The number of hydrogen-bond donors (Lipinski definition) is 3. The standard InChI is InChI=1S/C21H24FN5O3/c1-21(12-28)9-13-7-16(17(8-18(13)30-21)26-6-3-14(22)11-26)25-20(29)15-10-24-27-5-2-4-23-19(15)27/h2,4-5,7-8,10,14,20,25,28-29H,3,6,9,11-12H2,1H3/t14-,20?,21-/m0/s1. The molecule has 4 heterocycles. The zero-order valence-electron chi connectivity index (χ0n) is 16.6. The molecule has 30 heavy (non-hydrogen) atoms. The molecule has 3 atom stereocenters. The maximum atomic E-state index is 13.9. The second kappa shape index (κ2) is 7.10. The first-order valence-electron chi connectivity index (χ1n) is 10.0. The van der Waals surface area contributed by atoms with E-state index in [0.29, 0.717) is 48.6 Å². The molecule has 1 fully saturated rings. The number of hydrogen-bond acceptors (Lipinski definition) is 7. The molecule has 0 bridgehead atoms. The second-order valence-electron chi connectivity index (χ2n) is 8.23. The molecule has 1 aromatic carbocycles. The van der Waals surface area contributed by atoms with Crippen molar-refractivity contribution in [2.75, 3.05) is 29.9 Å². The van der Waals surface area contributed by atoms with E-state index in [1.165, 1.54) is 0 Å². The number of aromatic nitrogens is 3. The summed E-state index contributed by atoms with van der Waals surface area (Å²) in [6.45, 7) is 2.62. The molecule has 8 nitrogen and oxygen atoms in total. The number of aliphatic hydroxyl groups excluding tert-OH is 2. The van der Waals surface area contributed by atoms with E-state index < -0.39 is 18.0 Å². The summed E-state index contributed by atoms with van der Waals surface area (Å²) in [4.78, 5) is 6.25. The van der Waals surface area contributed by atoms with Crippen LogP contribution in [0.2, 0.25) is 0 Å². The molecule has 0 aliphatic carbocycles. The number of alkyl halides is 1. The molecule has 0 spiro atoms. The molecule has 0 amide bonds. The monoisotopic (exact) mass is 413 g/mol. The minimum Gasteiger partial charge on any atom is -0.484 e. The van der Waals surface area contributed by atoms with E-state index in [1.54, 1.807) is 29.2 Å². The van der Waals surface area contributed by atoms with Crippen molar-refractivity contribution in [3.63, 3.8) is 0 Å². The number of nitrogens with one attached hydrogen (secondary N) is 1. The number of aliphatic hydroxyl groups is 2. The van der Waals surface area contributed by atoms with Crippen LogP contribution in [-0.2, 0) is 6.42 Å². The van der Waals surface area contributed by atoms with Gasteiger partial charge in [0.15, 0.2) is 11.9 Å². The summed E-state index contributed by atoms with van der Waals surface area (Å²) < 4.78 is 21.5. The van der Waals surface area contributed by atoms with Crippen molar-refractivity contribution in [3.8, 4) is 5.75 Å². The molecule has 158 valence electrons. The first-order chi connectivity index (χ1) is 14.5. The first kappa shape index (κ1) is 19.1. The van der Waals surface area contributed by atoms with Crippen molar-refractivity contribution in [1.29, 1.82) is 0 Å². The highest BCUT2D eigenvalue weighted by molar-refractivity contribution is 5.75. The van der Waals surface area contributed by atoms with Gasteiger partial charge < -0.3 is 25.2 Å². The summed E-state index contributed by atoms with van der Waals surface area (Å²) in [6, 6.07) is 5.55. The molecular weight excluding hydrogens is 389 g/mol. The molecule has 1 saturated heterocycles. The van der Waals surface area contributed by atoms with Gasteiger partial charge in [0.05, 0.1) is 29.7 Å². The van der Waals surface area contributed by atoms with Crippen LogP contribution in [0.15, 0.2) is 36.8 Å². The van der Waals surface area contributed by atoms with Crippen LogP contribution in [0.4, 0.5) is 15.8 Å². The molecule has 0 saturated carbocycles. The minimum atomic E-state index is -1.05. The van der Waals surface area contributed by atoms with Crippen LogP contribution < -0.4 is 15.0 Å². The lowest BCUT2D eigenvalue weighted by molar-refractivity contribution is 0.0447. The van der Waals surface area contributed by atoms with Crippen molar-refractivity contribution in [2.24, 2.45) is 0 Å². The third-order valence-corrected chi connectivity index (χ3v) is 5.80. The lowest BCUT2D eigenvalue weighted by atomic mass is 9.99. The SMILES string of the molecule is C[C@@]1(CO)Cc2cc(NC(O)c3cnn4cccnc34)c(N3CC[C@H](F)C3)cc2O1. The Bertz CT molecular complexity index is 1090. The third-order valence-electron chi connectivity index (χ3n) is 5.80. The smallest absolute Gasteiger partial charge is 0.162 e. The molecule has 3 N–H and O–H groups in total. The average molecular weight is 413 g/mol. The average Bonchev–Trinajstić information content (AvgIpc) is 3.43. The molecule has 5 rings (SSSR count). The van der Waals surface area contributed by atoms with E-state index in [4.69, 9.17) is 4.74 Å². The number of nitrogens with zero attached hydrogens (tertiary/aromatic N) is 4. The van der Waals surface area contributed by atoms with Crippen LogP contribution in [0.25, 0.3) is 5.65 Å². The van der Waals surface area contributed by atoms with Crippen LogP contribution in [0, 0.1) is 0 Å². The predicted octanol–water partition coefficient (Wildman–Crippen LogP) is 2.07. The van der Waals surface area contributed by atoms with Crippen molar-refractivity contribution in [1.82, 2.24) is 14.6 Å². The van der Waals surface area contributed by atoms with Gasteiger partial charge in [0.25, 0.3) is 0 Å². The Morgan fingerprint density at radius 2 is 2.30 bits per heavy atom. The van der Waals surface area contributed by atoms with E-state index in [1.807, 2.05) is 24.0 Å². The Hall–Kier alpha value is -2.91. The van der Waals surface area contributed by atoms with Crippen molar-refractivity contribution in [2.45, 2.75) is 37.8 Å². The summed E-state index contributed by atoms with van der Waals surface area (Å²) in [5.74, 6) is 0.682. The number of anilines is 2. The summed E-state index contributed by atoms with van der Waals surface area (Å²) in [6.07, 6.45) is 4.06. The number of benzene rings is 1. The van der Waals surface area contributed by atoms with E-state index in [2.05, 4.69) is 15.4 Å². The normalized spacial score (nSPS) is 24.1. The summed E-state index contributed by atoms with van der Waals surface area (Å²) in [5, 5.41) is 28.0. The number of halogens is 1. The summed E-state index contributed by atoms with van der Waals surface area (Å²) in [7, 11) is 0. The van der Waals surface area contributed by atoms with Gasteiger partial charge in [-0.3, -0.25) is 0 Å². The zero-order chi connectivity index (χ0) is 20.9. The molecule has 2 aliphatic heterocycles. The number of fused-ring (bicyclic) bond motifs is 2. The summed E-state index contributed by atoms with van der Waals surface area (Å²) >= 11 is 0. The van der Waals surface area contributed by atoms with E-state index in [9.17, 15) is 14.6 Å². The van der Waals surface area contributed by atoms with Crippen molar-refractivity contribution >= 4 is 17.0 Å². The van der Waals surface area contributed by atoms with E-state index in [-0.39, 0.29) is 6.61 Å². The topological polar surface area (TPSA) is 95.1 Å². The van der Waals surface area contributed by atoms with Crippen LogP contribution in [0.1, 0.15) is 30.7 Å². The maximum absolute atomic E-state index is 13.9. The Balaban J connectivity index is 1.51. The number of rotatable bonds is 5. The van der Waals surface area contributed by atoms with Gasteiger partial charge in [-0.25, -0.2) is 13.9 Å². The Morgan fingerprint density at radius 3 is 3.07 bits per heavy atom. The molecule has 0 radical (unpaired) electrons. The van der Waals surface area contributed by atoms with Crippen LogP contribution in [0.3, 0.4) is 0 Å². The highest BCUT2D eigenvalue weighted by atomic mass is 19.1. The minimum absolute atomic E-state index is 0.104.